The van der Waals surface area contributed by atoms with Crippen LogP contribution >= 0.6 is 0 Å². The Bertz CT molecular complexity index is 611. The van der Waals surface area contributed by atoms with Crippen LogP contribution in [0.3, 0.4) is 0 Å². The summed E-state index contributed by atoms with van der Waals surface area (Å²) in [5, 5.41) is 1.19. The first-order chi connectivity index (χ1) is 10.3. The van der Waals surface area contributed by atoms with E-state index in [0.29, 0.717) is 6.54 Å². The Morgan fingerprint density at radius 1 is 1.05 bits per heavy atom. The molecular weight excluding hydrogens is 260 g/mol. The first-order valence-electron chi connectivity index (χ1n) is 8.25. The number of nitrogens with two attached hydrogens (primary N) is 1. The molecule has 0 atom stereocenters. The maximum atomic E-state index is 6.10. The molecule has 2 aliphatic rings. The molecule has 2 N–H and O–H groups in total. The van der Waals surface area contributed by atoms with Gasteiger partial charge in [-0.2, -0.15) is 0 Å². The molecule has 112 valence electrons. The van der Waals surface area contributed by atoms with Crippen LogP contribution in [0.25, 0.3) is 11.0 Å². The van der Waals surface area contributed by atoms with Crippen LogP contribution in [0.1, 0.15) is 37.0 Å². The zero-order valence-corrected chi connectivity index (χ0v) is 12.6. The summed E-state index contributed by atoms with van der Waals surface area (Å²) >= 11 is 0. The zero-order chi connectivity index (χ0) is 14.2. The lowest BCUT2D eigenvalue weighted by Gasteiger charge is -2.21. The first-order valence-corrected chi connectivity index (χ1v) is 8.25. The molecule has 1 heterocycles. The number of hydrogen-bond acceptors (Lipinski definition) is 3. The standard InChI is InChI=1S/C18H24N2O/c19-9-16-15-3-1-2-4-17(15)21-18(16)12-20(10-13-5-6-13)11-14-7-8-14/h1-4,13-14H,5-12,19H2. The van der Waals surface area contributed by atoms with E-state index >= 15 is 0 Å². The molecule has 1 aromatic heterocycles. The number of benzene rings is 1. The quantitative estimate of drug-likeness (QED) is 0.846. The van der Waals surface area contributed by atoms with Crippen LogP contribution in [0, 0.1) is 11.8 Å². The molecule has 0 bridgehead atoms. The lowest BCUT2D eigenvalue weighted by atomic mass is 10.1. The second kappa shape index (κ2) is 5.47. The van der Waals surface area contributed by atoms with Gasteiger partial charge in [-0.25, -0.2) is 0 Å². The topological polar surface area (TPSA) is 42.4 Å². The van der Waals surface area contributed by atoms with Gasteiger partial charge in [0.15, 0.2) is 0 Å². The second-order valence-corrected chi connectivity index (χ2v) is 6.78. The molecule has 2 aromatic rings. The zero-order valence-electron chi connectivity index (χ0n) is 12.6. The molecule has 3 heteroatoms. The molecule has 0 spiro atoms. The molecule has 2 fully saturated rings. The summed E-state index contributed by atoms with van der Waals surface area (Å²) in [5.74, 6) is 2.93. The monoisotopic (exact) mass is 284 g/mol. The lowest BCUT2D eigenvalue weighted by molar-refractivity contribution is 0.226. The molecule has 0 saturated heterocycles. The molecule has 0 unspecified atom stereocenters. The molecule has 21 heavy (non-hydrogen) atoms. The van der Waals surface area contributed by atoms with E-state index in [4.69, 9.17) is 10.2 Å². The Hall–Kier alpha value is -1.32. The van der Waals surface area contributed by atoms with E-state index in [1.807, 2.05) is 12.1 Å². The predicted octanol–water partition coefficient (Wildman–Crippen LogP) is 3.51. The van der Waals surface area contributed by atoms with E-state index < -0.39 is 0 Å². The van der Waals surface area contributed by atoms with Gasteiger partial charge >= 0.3 is 0 Å². The minimum Gasteiger partial charge on any atom is -0.459 e. The van der Waals surface area contributed by atoms with Gasteiger partial charge in [-0.05, 0) is 43.6 Å². The van der Waals surface area contributed by atoms with Gasteiger partial charge in [-0.15, -0.1) is 0 Å². The highest BCUT2D eigenvalue weighted by Crippen LogP contribution is 2.35. The van der Waals surface area contributed by atoms with Crippen molar-refractivity contribution in [3.63, 3.8) is 0 Å². The third-order valence-corrected chi connectivity index (χ3v) is 4.78. The summed E-state index contributed by atoms with van der Waals surface area (Å²) < 4.78 is 6.10. The van der Waals surface area contributed by atoms with Crippen LogP contribution in [0.4, 0.5) is 0 Å². The fraction of sp³-hybridized carbons (Fsp3) is 0.556. The van der Waals surface area contributed by atoms with E-state index in [1.165, 1.54) is 49.7 Å². The van der Waals surface area contributed by atoms with Gasteiger partial charge in [0.2, 0.25) is 0 Å². The van der Waals surface area contributed by atoms with Crippen LogP contribution in [0.5, 0.6) is 0 Å². The molecule has 3 nitrogen and oxygen atoms in total. The summed E-state index contributed by atoms with van der Waals surface area (Å²) in [7, 11) is 0. The first kappa shape index (κ1) is 13.4. The van der Waals surface area contributed by atoms with E-state index in [2.05, 4.69) is 17.0 Å². The summed E-state index contributed by atoms with van der Waals surface area (Å²) in [6.07, 6.45) is 5.63. The summed E-state index contributed by atoms with van der Waals surface area (Å²) in [6, 6.07) is 8.26. The number of hydrogen-bond donors (Lipinski definition) is 1. The molecule has 2 saturated carbocycles. The molecule has 0 radical (unpaired) electrons. The highest BCUT2D eigenvalue weighted by Gasteiger charge is 2.30. The van der Waals surface area contributed by atoms with E-state index in [9.17, 15) is 0 Å². The molecule has 4 rings (SSSR count). The van der Waals surface area contributed by atoms with Crippen LogP contribution in [-0.4, -0.2) is 18.0 Å². The molecule has 0 amide bonds. The van der Waals surface area contributed by atoms with Crippen LogP contribution in [0.15, 0.2) is 28.7 Å². The number of nitrogens with zero attached hydrogens (tertiary/aromatic N) is 1. The number of rotatable bonds is 7. The smallest absolute Gasteiger partial charge is 0.134 e. The van der Waals surface area contributed by atoms with Gasteiger partial charge in [-0.1, -0.05) is 18.2 Å². The Kier molecular flexibility index (Phi) is 3.48. The average Bonchev–Trinajstić information content (AvgIpc) is 3.39. The summed E-state index contributed by atoms with van der Waals surface area (Å²) in [4.78, 5) is 2.60. The van der Waals surface area contributed by atoms with E-state index in [1.54, 1.807) is 0 Å². The molecule has 0 aliphatic heterocycles. The molecule has 2 aliphatic carbocycles. The third kappa shape index (κ3) is 2.99. The summed E-state index contributed by atoms with van der Waals surface area (Å²) in [5.41, 5.74) is 8.16. The van der Waals surface area contributed by atoms with Crippen molar-refractivity contribution < 1.29 is 4.42 Å². The highest BCUT2D eigenvalue weighted by molar-refractivity contribution is 5.82. The largest absolute Gasteiger partial charge is 0.459 e. The van der Waals surface area contributed by atoms with Crippen LogP contribution < -0.4 is 5.73 Å². The minimum atomic E-state index is 0.563. The lowest BCUT2D eigenvalue weighted by Crippen LogP contribution is -2.28. The summed E-state index contributed by atoms with van der Waals surface area (Å²) in [6.45, 7) is 3.95. The Morgan fingerprint density at radius 2 is 1.71 bits per heavy atom. The molecular formula is C18H24N2O. The Balaban J connectivity index is 1.57. The van der Waals surface area contributed by atoms with Crippen LogP contribution in [0.2, 0.25) is 0 Å². The van der Waals surface area contributed by atoms with Crippen molar-refractivity contribution in [3.05, 3.63) is 35.6 Å². The third-order valence-electron chi connectivity index (χ3n) is 4.78. The number of furan rings is 1. The second-order valence-electron chi connectivity index (χ2n) is 6.78. The van der Waals surface area contributed by atoms with Gasteiger partial charge in [0.05, 0.1) is 6.54 Å². The molecule has 1 aromatic carbocycles. The fourth-order valence-electron chi connectivity index (χ4n) is 3.24. The van der Waals surface area contributed by atoms with Gasteiger partial charge in [0, 0.05) is 30.6 Å². The van der Waals surface area contributed by atoms with Crippen molar-refractivity contribution >= 4 is 11.0 Å². The van der Waals surface area contributed by atoms with Crippen molar-refractivity contribution in [1.29, 1.82) is 0 Å². The predicted molar refractivity (Wildman–Crippen MR) is 84.8 cm³/mol. The SMILES string of the molecule is NCc1c(CN(CC2CC2)CC2CC2)oc2ccccc12. The fourth-order valence-corrected chi connectivity index (χ4v) is 3.24. The van der Waals surface area contributed by atoms with Crippen LogP contribution in [-0.2, 0) is 13.1 Å². The van der Waals surface area contributed by atoms with E-state index in [-0.39, 0.29) is 0 Å². The number of para-hydroxylation sites is 1. The van der Waals surface area contributed by atoms with Crippen molar-refractivity contribution in [3.8, 4) is 0 Å². The number of fused-ring (bicyclic) bond motifs is 1. The van der Waals surface area contributed by atoms with Crippen molar-refractivity contribution in [2.75, 3.05) is 13.1 Å². The van der Waals surface area contributed by atoms with E-state index in [0.717, 1.165) is 29.7 Å². The van der Waals surface area contributed by atoms with Crippen molar-refractivity contribution in [1.82, 2.24) is 4.90 Å². The Labute approximate surface area is 126 Å². The van der Waals surface area contributed by atoms with Gasteiger partial charge in [0.25, 0.3) is 0 Å². The van der Waals surface area contributed by atoms with Crippen molar-refractivity contribution in [2.24, 2.45) is 17.6 Å². The normalized spacial score (nSPS) is 18.8. The van der Waals surface area contributed by atoms with Gasteiger partial charge in [0.1, 0.15) is 11.3 Å². The highest BCUT2D eigenvalue weighted by atomic mass is 16.3. The average molecular weight is 284 g/mol. The van der Waals surface area contributed by atoms with Gasteiger partial charge in [-0.3, -0.25) is 4.90 Å². The van der Waals surface area contributed by atoms with Crippen molar-refractivity contribution in [2.45, 2.75) is 38.8 Å². The Morgan fingerprint density at radius 3 is 2.33 bits per heavy atom. The van der Waals surface area contributed by atoms with Gasteiger partial charge < -0.3 is 10.2 Å². The maximum absolute atomic E-state index is 6.10. The minimum absolute atomic E-state index is 0.563. The maximum Gasteiger partial charge on any atom is 0.134 e.